The molecule has 6 aromatic rings. The predicted octanol–water partition coefficient (Wildman–Crippen LogP) is 12.8. The molecule has 10 nitrogen and oxygen atoms in total. The highest BCUT2D eigenvalue weighted by atomic mass is 79.9. The maximum atomic E-state index is 14.5. The van der Waals surface area contributed by atoms with Crippen LogP contribution in [0.3, 0.4) is 0 Å². The highest BCUT2D eigenvalue weighted by Gasteiger charge is 2.61. The number of carbonyl (C=O) groups is 2. The van der Waals surface area contributed by atoms with Crippen LogP contribution in [-0.2, 0) is 54.4 Å². The molecule has 75 heavy (non-hydrogen) atoms. The van der Waals surface area contributed by atoms with Crippen molar-refractivity contribution >= 4 is 40.4 Å². The van der Waals surface area contributed by atoms with Gasteiger partial charge in [-0.1, -0.05) is 78.0 Å². The molecule has 14 heteroatoms. The molecule has 4 aliphatic carbocycles. The van der Waals surface area contributed by atoms with Crippen LogP contribution in [0.1, 0.15) is 116 Å². The Hall–Kier alpha value is -5.96. The van der Waals surface area contributed by atoms with E-state index in [2.05, 4.69) is 83.9 Å². The lowest BCUT2D eigenvalue weighted by Crippen LogP contribution is -2.41. The average Bonchev–Trinajstić information content (AvgIpc) is 4.18. The van der Waals surface area contributed by atoms with Gasteiger partial charge in [0, 0.05) is 52.0 Å². The minimum absolute atomic E-state index is 0. The van der Waals surface area contributed by atoms with E-state index in [1.807, 2.05) is 71.9 Å². The Morgan fingerprint density at radius 3 is 1.55 bits per heavy atom. The molecule has 2 saturated carbocycles. The van der Waals surface area contributed by atoms with Crippen molar-refractivity contribution in [2.45, 2.75) is 126 Å². The molecule has 0 unspecified atom stereocenters. The number of hydrogen-bond donors (Lipinski definition) is 0. The molecule has 1 aliphatic heterocycles. The van der Waals surface area contributed by atoms with Gasteiger partial charge in [-0.3, -0.25) is 9.59 Å². The van der Waals surface area contributed by atoms with Gasteiger partial charge in [0.2, 0.25) is 11.8 Å². The Morgan fingerprint density at radius 1 is 0.653 bits per heavy atom. The number of nitrogens with zero attached hydrogens (tertiary/aromatic N) is 2. The Morgan fingerprint density at radius 2 is 1.09 bits per heavy atom. The molecule has 11 rings (SSSR count). The summed E-state index contributed by atoms with van der Waals surface area (Å²) in [5.74, 6) is 1.02. The third-order valence-corrected chi connectivity index (χ3v) is 16.9. The second-order valence-corrected chi connectivity index (χ2v) is 21.9. The maximum Gasteiger partial charge on any atom is 0.494 e. The summed E-state index contributed by atoms with van der Waals surface area (Å²) in [6.07, 6.45) is 5.23. The van der Waals surface area contributed by atoms with Crippen molar-refractivity contribution in [2.24, 2.45) is 23.7 Å². The first-order valence-electron chi connectivity index (χ1n) is 25.6. The maximum absolute atomic E-state index is 14.5. The van der Waals surface area contributed by atoms with Crippen molar-refractivity contribution in [1.29, 1.82) is 0 Å². The zero-order chi connectivity index (χ0) is 52.8. The van der Waals surface area contributed by atoms with E-state index in [0.717, 1.165) is 62.8 Å². The number of pyridine rings is 2. The van der Waals surface area contributed by atoms with E-state index in [4.69, 9.17) is 28.3 Å². The van der Waals surface area contributed by atoms with Gasteiger partial charge in [0.25, 0.3) is 0 Å². The second kappa shape index (κ2) is 22.3. The molecule has 1 saturated heterocycles. The van der Waals surface area contributed by atoms with Crippen LogP contribution in [0.25, 0.3) is 11.1 Å². The van der Waals surface area contributed by atoms with Gasteiger partial charge in [0.15, 0.2) is 0 Å². The van der Waals surface area contributed by atoms with Gasteiger partial charge in [-0.2, -0.15) is 0 Å². The van der Waals surface area contributed by atoms with Gasteiger partial charge in [0.05, 0.1) is 36.3 Å². The Balaban J connectivity index is 0.000000169. The van der Waals surface area contributed by atoms with Crippen LogP contribution in [0.5, 0.6) is 11.8 Å². The molecule has 0 amide bonds. The first-order valence-corrected chi connectivity index (χ1v) is 26.4. The molecule has 0 N–H and O–H groups in total. The van der Waals surface area contributed by atoms with Gasteiger partial charge in [-0.15, -0.1) is 0 Å². The van der Waals surface area contributed by atoms with Crippen LogP contribution in [0, 0.1) is 63.0 Å². The molecular formula is C61H68BBrF2N2O8. The van der Waals surface area contributed by atoms with Crippen LogP contribution in [-0.4, -0.2) is 53.4 Å². The summed E-state index contributed by atoms with van der Waals surface area (Å²) < 4.78 is 64.4. The lowest BCUT2D eigenvalue weighted by Gasteiger charge is -2.32. The van der Waals surface area contributed by atoms with E-state index in [1.165, 1.54) is 27.7 Å². The minimum atomic E-state index is -0.563. The zero-order valence-corrected chi connectivity index (χ0v) is 45.4. The summed E-state index contributed by atoms with van der Waals surface area (Å²) in [5, 5.41) is 0. The summed E-state index contributed by atoms with van der Waals surface area (Å²) in [7, 11) is -0.563. The van der Waals surface area contributed by atoms with Gasteiger partial charge in [-0.05, 0) is 173 Å². The fourth-order valence-electron chi connectivity index (χ4n) is 10.9. The summed E-state index contributed by atoms with van der Waals surface area (Å²) in [5.41, 5.74) is 12.3. The van der Waals surface area contributed by atoms with Crippen LogP contribution in [0.4, 0.5) is 8.78 Å². The van der Waals surface area contributed by atoms with Crippen LogP contribution >= 0.6 is 15.9 Å². The fraction of sp³-hybridized carbons (Fsp3) is 0.410. The Bertz CT molecular complexity index is 3060. The molecule has 3 fully saturated rings. The number of hydrogen-bond acceptors (Lipinski definition) is 10. The first kappa shape index (κ1) is 55.3. The standard InChI is InChI=1S/C27H26FNO3.C25H29BFNO5.C8H9Br.CH4/c1-4-31-27(30)26-20-11-18-12-23(29-13-21(18)25(20)26)32-14-19-10-17(8-9-22(19)28)24-15(2)6-5-7-16(24)3;1-6-30-23(29)22-17-10-14-11-20(28-12-18(14)21(17)22)31-13-15-9-16(7-8-19(15)27)26-32-24(2,3)25(4,5)33-26;1-6-4-3-5-7(2)8(6)9;/h5-10,12-13,20,25-26H,4,11,14H2,1-3H3;7-9,11-12,17,21-22H,6,10,13H2,1-5H3;3-5H,1-2H3;1H4/t20-,25-,26+;17-,21-,22+;;/m11../s1. The van der Waals surface area contributed by atoms with E-state index in [1.54, 1.807) is 24.5 Å². The number of aromatic nitrogens is 2. The highest BCUT2D eigenvalue weighted by molar-refractivity contribution is 9.10. The molecule has 5 aliphatic rings. The number of rotatable bonds is 12. The highest BCUT2D eigenvalue weighted by Crippen LogP contribution is 2.63. The summed E-state index contributed by atoms with van der Waals surface area (Å²) in [6, 6.07) is 26.2. The van der Waals surface area contributed by atoms with Crippen LogP contribution in [0.2, 0.25) is 0 Å². The SMILES string of the molecule is C.CCOC(=O)[C@H]1[C@@H]2Cc3cc(OCc4cc(-c5c(C)cccc5C)ccc4F)ncc3[C@@H]21.CCOC(=O)[C@H]1[C@@H]2Cc3cc(OCc4cc(B5OC(C)(C)C(C)(C)O5)ccc4F)ncc3[C@@H]21.Cc1cccc(C)c1Br. The van der Waals surface area contributed by atoms with Crippen molar-refractivity contribution in [3.63, 3.8) is 0 Å². The number of benzene rings is 4. The summed E-state index contributed by atoms with van der Waals surface area (Å²) >= 11 is 3.48. The molecule has 4 aromatic carbocycles. The first-order chi connectivity index (χ1) is 35.3. The van der Waals surface area contributed by atoms with E-state index < -0.39 is 18.3 Å². The van der Waals surface area contributed by atoms with Gasteiger partial charge < -0.3 is 28.3 Å². The fourth-order valence-corrected chi connectivity index (χ4v) is 11.1. The predicted molar refractivity (Wildman–Crippen MR) is 291 cm³/mol. The average molecular weight is 1090 g/mol. The second-order valence-electron chi connectivity index (χ2n) is 21.1. The van der Waals surface area contributed by atoms with E-state index in [-0.39, 0.29) is 67.9 Å². The number of halogens is 3. The Labute approximate surface area is 449 Å². The molecule has 0 spiro atoms. The van der Waals surface area contributed by atoms with Crippen LogP contribution < -0.4 is 14.9 Å². The lowest BCUT2D eigenvalue weighted by atomic mass is 9.78. The molecule has 0 bridgehead atoms. The van der Waals surface area contributed by atoms with Crippen molar-refractivity contribution in [2.75, 3.05) is 13.2 Å². The Kier molecular flexibility index (Phi) is 16.5. The molecule has 0 radical (unpaired) electrons. The van der Waals surface area contributed by atoms with Crippen molar-refractivity contribution in [1.82, 2.24) is 9.97 Å². The largest absolute Gasteiger partial charge is 0.494 e. The third-order valence-electron chi connectivity index (χ3n) is 15.6. The normalized spacial score (nSPS) is 21.3. The monoisotopic (exact) mass is 1080 g/mol. The van der Waals surface area contributed by atoms with E-state index >= 15 is 0 Å². The third kappa shape index (κ3) is 11.4. The number of esters is 2. The summed E-state index contributed by atoms with van der Waals surface area (Å²) in [4.78, 5) is 32.9. The molecule has 3 heterocycles. The number of aryl methyl sites for hydroxylation is 4. The van der Waals surface area contributed by atoms with Gasteiger partial charge in [0.1, 0.15) is 24.8 Å². The number of fused-ring (bicyclic) bond motifs is 6. The van der Waals surface area contributed by atoms with Gasteiger partial charge in [-0.25, -0.2) is 18.7 Å². The molecule has 394 valence electrons. The lowest BCUT2D eigenvalue weighted by molar-refractivity contribution is -0.146. The van der Waals surface area contributed by atoms with Crippen molar-refractivity contribution in [3.05, 3.63) is 169 Å². The van der Waals surface area contributed by atoms with Crippen molar-refractivity contribution < 1.29 is 46.6 Å². The smallest absolute Gasteiger partial charge is 0.473 e. The molecule has 2 aromatic heterocycles. The van der Waals surface area contributed by atoms with E-state index in [9.17, 15) is 18.4 Å². The molecule has 6 atom stereocenters. The van der Waals surface area contributed by atoms with E-state index in [0.29, 0.717) is 47.9 Å². The molecular weight excluding hydrogens is 1020 g/mol. The topological polar surface area (TPSA) is 115 Å². The number of carbonyl (C=O) groups excluding carboxylic acids is 2. The zero-order valence-electron chi connectivity index (χ0n) is 43.8. The van der Waals surface area contributed by atoms with Crippen LogP contribution in [0.15, 0.2) is 102 Å². The number of ether oxygens (including phenoxy) is 4. The van der Waals surface area contributed by atoms with Gasteiger partial charge >= 0.3 is 19.1 Å². The van der Waals surface area contributed by atoms with Crippen molar-refractivity contribution in [3.8, 4) is 22.9 Å². The summed E-state index contributed by atoms with van der Waals surface area (Å²) in [6.45, 7) is 20.9. The quantitative estimate of drug-likeness (QED) is 0.0866. The minimum Gasteiger partial charge on any atom is -0.473 e.